The Morgan fingerprint density at radius 2 is 2.05 bits per heavy atom. The van der Waals surface area contributed by atoms with Gasteiger partial charge in [-0.15, -0.1) is 0 Å². The Labute approximate surface area is 129 Å². The third kappa shape index (κ3) is 2.71. The van der Waals surface area contributed by atoms with Crippen LogP contribution in [0.25, 0.3) is 11.1 Å². The summed E-state index contributed by atoms with van der Waals surface area (Å²) >= 11 is 0. The van der Waals surface area contributed by atoms with Gasteiger partial charge in [0.05, 0.1) is 24.6 Å². The molecule has 2 aromatic heterocycles. The molecule has 6 heteroatoms. The van der Waals surface area contributed by atoms with Crippen molar-refractivity contribution in [1.29, 1.82) is 5.26 Å². The maximum Gasteiger partial charge on any atom is 0.164 e. The van der Waals surface area contributed by atoms with Crippen molar-refractivity contribution >= 4 is 11.4 Å². The molecule has 0 radical (unpaired) electrons. The van der Waals surface area contributed by atoms with Gasteiger partial charge in [0.15, 0.2) is 5.69 Å². The third-order valence-electron chi connectivity index (χ3n) is 3.72. The maximum atomic E-state index is 9.38. The number of hydrogen-bond donors (Lipinski definition) is 1. The molecule has 1 aliphatic rings. The van der Waals surface area contributed by atoms with Crippen LogP contribution in [-0.4, -0.2) is 36.3 Å². The normalized spacial score (nSPS) is 14.6. The molecule has 3 rings (SSSR count). The van der Waals surface area contributed by atoms with Gasteiger partial charge < -0.3 is 15.4 Å². The first-order chi connectivity index (χ1) is 10.7. The number of anilines is 2. The largest absolute Gasteiger partial charge is 0.397 e. The van der Waals surface area contributed by atoms with E-state index in [1.165, 1.54) is 0 Å². The Hall–Kier alpha value is -2.65. The van der Waals surface area contributed by atoms with E-state index in [0.29, 0.717) is 24.6 Å². The van der Waals surface area contributed by atoms with Crippen molar-refractivity contribution < 1.29 is 4.74 Å². The lowest BCUT2D eigenvalue weighted by Gasteiger charge is -2.29. The molecular formula is C16H17N5O. The van der Waals surface area contributed by atoms with Crippen molar-refractivity contribution in [3.8, 4) is 17.2 Å². The number of pyridine rings is 2. The summed E-state index contributed by atoms with van der Waals surface area (Å²) in [6, 6.07) is 6.06. The number of nitriles is 1. The van der Waals surface area contributed by atoms with Crippen molar-refractivity contribution in [3.63, 3.8) is 0 Å². The van der Waals surface area contributed by atoms with E-state index in [-0.39, 0.29) is 0 Å². The number of aromatic nitrogens is 2. The second-order valence-electron chi connectivity index (χ2n) is 5.21. The molecule has 2 N–H and O–H groups in total. The molecule has 0 aliphatic carbocycles. The summed E-state index contributed by atoms with van der Waals surface area (Å²) in [5.74, 6) is 0. The van der Waals surface area contributed by atoms with Crippen LogP contribution in [0.4, 0.5) is 11.4 Å². The number of nitrogen functional groups attached to an aromatic ring is 1. The SMILES string of the molecule is Cc1nc(C#N)c(N2CCOCC2)cc1-c1cncc(N)c1. The first kappa shape index (κ1) is 14.3. The minimum atomic E-state index is 0.444. The summed E-state index contributed by atoms with van der Waals surface area (Å²) in [5.41, 5.74) is 10.4. The van der Waals surface area contributed by atoms with E-state index >= 15 is 0 Å². The highest BCUT2D eigenvalue weighted by molar-refractivity contribution is 5.74. The van der Waals surface area contributed by atoms with Gasteiger partial charge in [0.25, 0.3) is 0 Å². The zero-order valence-corrected chi connectivity index (χ0v) is 12.4. The van der Waals surface area contributed by atoms with Gasteiger partial charge >= 0.3 is 0 Å². The highest BCUT2D eigenvalue weighted by Gasteiger charge is 2.18. The quantitative estimate of drug-likeness (QED) is 0.908. The van der Waals surface area contributed by atoms with E-state index in [9.17, 15) is 5.26 Å². The van der Waals surface area contributed by atoms with E-state index in [2.05, 4.69) is 20.9 Å². The van der Waals surface area contributed by atoms with Gasteiger partial charge in [-0.3, -0.25) is 4.98 Å². The molecule has 1 aliphatic heterocycles. The Kier molecular flexibility index (Phi) is 3.90. The average molecular weight is 295 g/mol. The van der Waals surface area contributed by atoms with Crippen LogP contribution in [-0.2, 0) is 4.74 Å². The van der Waals surface area contributed by atoms with Crippen LogP contribution in [0.1, 0.15) is 11.4 Å². The van der Waals surface area contributed by atoms with Crippen LogP contribution in [0.2, 0.25) is 0 Å². The van der Waals surface area contributed by atoms with E-state index < -0.39 is 0 Å². The Balaban J connectivity index is 2.10. The summed E-state index contributed by atoms with van der Waals surface area (Å²) in [7, 11) is 0. The van der Waals surface area contributed by atoms with Gasteiger partial charge in [-0.1, -0.05) is 0 Å². The van der Waals surface area contributed by atoms with E-state index in [1.54, 1.807) is 12.4 Å². The number of aryl methyl sites for hydroxylation is 1. The molecular weight excluding hydrogens is 278 g/mol. The average Bonchev–Trinajstić information content (AvgIpc) is 2.55. The summed E-state index contributed by atoms with van der Waals surface area (Å²) in [5, 5.41) is 9.38. The van der Waals surface area contributed by atoms with Crippen molar-refractivity contribution in [2.45, 2.75) is 6.92 Å². The Bertz CT molecular complexity index is 732. The summed E-state index contributed by atoms with van der Waals surface area (Å²) in [6.07, 6.45) is 3.37. The predicted octanol–water partition coefficient (Wildman–Crippen LogP) is 1.74. The standard InChI is InChI=1S/C16H17N5O/c1-11-14(12-6-13(18)10-19-9-12)7-16(15(8-17)20-11)21-2-4-22-5-3-21/h6-7,9-10H,2-5,18H2,1H3. The number of hydrogen-bond acceptors (Lipinski definition) is 6. The zero-order valence-electron chi connectivity index (χ0n) is 12.4. The molecule has 0 aromatic carbocycles. The summed E-state index contributed by atoms with van der Waals surface area (Å²) in [4.78, 5) is 10.7. The fourth-order valence-corrected chi connectivity index (χ4v) is 2.62. The topological polar surface area (TPSA) is 88.1 Å². The molecule has 1 fully saturated rings. The van der Waals surface area contributed by atoms with Crippen LogP contribution < -0.4 is 10.6 Å². The van der Waals surface area contributed by atoms with Gasteiger partial charge in [-0.25, -0.2) is 4.98 Å². The van der Waals surface area contributed by atoms with Crippen LogP contribution in [0.5, 0.6) is 0 Å². The molecule has 6 nitrogen and oxygen atoms in total. The molecule has 0 unspecified atom stereocenters. The van der Waals surface area contributed by atoms with E-state index in [0.717, 1.165) is 35.6 Å². The lowest BCUT2D eigenvalue weighted by Crippen LogP contribution is -2.36. The van der Waals surface area contributed by atoms with Crippen molar-refractivity contribution in [3.05, 3.63) is 35.9 Å². The van der Waals surface area contributed by atoms with Gasteiger partial charge in [0.1, 0.15) is 6.07 Å². The minimum absolute atomic E-state index is 0.444. The molecule has 0 bridgehead atoms. The second-order valence-corrected chi connectivity index (χ2v) is 5.21. The van der Waals surface area contributed by atoms with Crippen LogP contribution >= 0.6 is 0 Å². The first-order valence-electron chi connectivity index (χ1n) is 7.14. The van der Waals surface area contributed by atoms with E-state index in [1.807, 2.05) is 19.1 Å². The number of rotatable bonds is 2. The molecule has 2 aromatic rings. The molecule has 22 heavy (non-hydrogen) atoms. The number of ether oxygens (including phenoxy) is 1. The fraction of sp³-hybridized carbons (Fsp3) is 0.312. The summed E-state index contributed by atoms with van der Waals surface area (Å²) < 4.78 is 5.38. The van der Waals surface area contributed by atoms with Gasteiger partial charge in [0, 0.05) is 42.3 Å². The minimum Gasteiger partial charge on any atom is -0.397 e. The van der Waals surface area contributed by atoms with Crippen LogP contribution in [0.3, 0.4) is 0 Å². The third-order valence-corrected chi connectivity index (χ3v) is 3.72. The molecule has 0 spiro atoms. The van der Waals surface area contributed by atoms with Crippen molar-refractivity contribution in [2.24, 2.45) is 0 Å². The molecule has 0 amide bonds. The van der Waals surface area contributed by atoms with Crippen molar-refractivity contribution in [1.82, 2.24) is 9.97 Å². The van der Waals surface area contributed by atoms with Gasteiger partial charge in [-0.05, 0) is 19.1 Å². The Morgan fingerprint density at radius 1 is 1.27 bits per heavy atom. The van der Waals surface area contributed by atoms with E-state index in [4.69, 9.17) is 10.5 Å². The number of nitrogens with zero attached hydrogens (tertiary/aromatic N) is 4. The van der Waals surface area contributed by atoms with Gasteiger partial charge in [-0.2, -0.15) is 5.26 Å². The molecule has 0 atom stereocenters. The zero-order chi connectivity index (χ0) is 15.5. The monoisotopic (exact) mass is 295 g/mol. The second kappa shape index (κ2) is 6.00. The molecule has 112 valence electrons. The highest BCUT2D eigenvalue weighted by Crippen LogP contribution is 2.30. The van der Waals surface area contributed by atoms with Crippen LogP contribution in [0.15, 0.2) is 24.5 Å². The Morgan fingerprint density at radius 3 is 2.73 bits per heavy atom. The molecule has 3 heterocycles. The lowest BCUT2D eigenvalue weighted by molar-refractivity contribution is 0.122. The lowest BCUT2D eigenvalue weighted by atomic mass is 10.0. The molecule has 0 saturated carbocycles. The van der Waals surface area contributed by atoms with Crippen LogP contribution in [0, 0.1) is 18.3 Å². The maximum absolute atomic E-state index is 9.38. The highest BCUT2D eigenvalue weighted by atomic mass is 16.5. The fourth-order valence-electron chi connectivity index (χ4n) is 2.62. The van der Waals surface area contributed by atoms with Gasteiger partial charge in [0.2, 0.25) is 0 Å². The smallest absolute Gasteiger partial charge is 0.164 e. The first-order valence-corrected chi connectivity index (χ1v) is 7.14. The number of nitrogens with two attached hydrogens (primary N) is 1. The summed E-state index contributed by atoms with van der Waals surface area (Å²) in [6.45, 7) is 4.73. The molecule has 1 saturated heterocycles. The number of morpholine rings is 1. The predicted molar refractivity (Wildman–Crippen MR) is 84.4 cm³/mol. The van der Waals surface area contributed by atoms with Crippen molar-refractivity contribution in [2.75, 3.05) is 36.9 Å².